The maximum Gasteiger partial charge on any atom is 0.247 e. The van der Waals surface area contributed by atoms with Crippen LogP contribution in [0.2, 0.25) is 0 Å². The molecule has 1 aromatic heterocycles. The van der Waals surface area contributed by atoms with Gasteiger partial charge in [0.05, 0.1) is 25.1 Å². The number of carbonyl (C=O) groups excluding carboxylic acids is 1. The van der Waals surface area contributed by atoms with Crippen molar-refractivity contribution in [3.8, 4) is 0 Å². The molecule has 3 aliphatic rings. The third kappa shape index (κ3) is 5.06. The summed E-state index contributed by atoms with van der Waals surface area (Å²) in [5, 5.41) is 7.54. The topological polar surface area (TPSA) is 91.7 Å². The van der Waals surface area contributed by atoms with Gasteiger partial charge in [-0.15, -0.1) is 0 Å². The fourth-order valence-corrected chi connectivity index (χ4v) is 4.68. The number of hydrazone groups is 1. The third-order valence-electron chi connectivity index (χ3n) is 6.41. The molecule has 1 aliphatic heterocycles. The van der Waals surface area contributed by atoms with E-state index in [0.29, 0.717) is 31.6 Å². The van der Waals surface area contributed by atoms with Crippen LogP contribution in [0.3, 0.4) is 0 Å². The van der Waals surface area contributed by atoms with Gasteiger partial charge in [-0.2, -0.15) is 10.1 Å². The lowest BCUT2D eigenvalue weighted by molar-refractivity contribution is -0.118. The fraction of sp³-hybridized carbons (Fsp3) is 0.440. The van der Waals surface area contributed by atoms with Crippen LogP contribution in [0.1, 0.15) is 48.1 Å². The van der Waals surface area contributed by atoms with E-state index in [4.69, 9.17) is 9.72 Å². The van der Waals surface area contributed by atoms with Gasteiger partial charge < -0.3 is 15.0 Å². The molecule has 0 atom stereocenters. The third-order valence-corrected chi connectivity index (χ3v) is 6.41. The molecule has 5 rings (SSSR count). The van der Waals surface area contributed by atoms with Crippen molar-refractivity contribution in [2.45, 2.75) is 45.1 Å². The van der Waals surface area contributed by atoms with Crippen LogP contribution < -0.4 is 15.6 Å². The number of nitrogens with one attached hydrogen (secondary N) is 2. The Hall–Kier alpha value is -3.26. The van der Waals surface area contributed by atoms with E-state index in [1.54, 1.807) is 6.21 Å². The fourth-order valence-electron chi connectivity index (χ4n) is 4.68. The summed E-state index contributed by atoms with van der Waals surface area (Å²) in [5.74, 6) is 1.30. The number of ether oxygens (including phenoxy) is 1. The predicted molar refractivity (Wildman–Crippen MR) is 130 cm³/mol. The molecular weight excluding hydrogens is 416 g/mol. The van der Waals surface area contributed by atoms with E-state index in [0.717, 1.165) is 54.1 Å². The van der Waals surface area contributed by atoms with E-state index in [2.05, 4.69) is 44.8 Å². The molecule has 1 saturated heterocycles. The van der Waals surface area contributed by atoms with Gasteiger partial charge in [-0.25, -0.2) is 10.4 Å². The molecule has 2 aliphatic carbocycles. The highest BCUT2D eigenvalue weighted by atomic mass is 16.5. The lowest BCUT2D eigenvalue weighted by Crippen LogP contribution is -2.37. The normalized spacial score (nSPS) is 18.5. The summed E-state index contributed by atoms with van der Waals surface area (Å²) in [6.45, 7) is 4.90. The molecule has 0 unspecified atom stereocenters. The molecule has 0 bridgehead atoms. The molecule has 1 aromatic carbocycles. The second-order valence-corrected chi connectivity index (χ2v) is 8.92. The molecule has 8 heteroatoms. The van der Waals surface area contributed by atoms with Gasteiger partial charge >= 0.3 is 0 Å². The van der Waals surface area contributed by atoms with Crippen LogP contribution in [0.4, 0.5) is 11.8 Å². The van der Waals surface area contributed by atoms with E-state index >= 15 is 0 Å². The number of rotatable bonds is 6. The van der Waals surface area contributed by atoms with Crippen LogP contribution in [0.25, 0.3) is 6.08 Å². The van der Waals surface area contributed by atoms with Crippen molar-refractivity contribution in [2.75, 3.05) is 36.6 Å². The molecular formula is C25H30N6O2. The van der Waals surface area contributed by atoms with Gasteiger partial charge in [-0.05, 0) is 31.4 Å². The van der Waals surface area contributed by atoms with Crippen LogP contribution >= 0.6 is 0 Å². The Morgan fingerprint density at radius 3 is 2.82 bits per heavy atom. The van der Waals surface area contributed by atoms with E-state index in [1.165, 1.54) is 18.4 Å². The van der Waals surface area contributed by atoms with Gasteiger partial charge in [0.1, 0.15) is 5.82 Å². The first-order valence-electron chi connectivity index (χ1n) is 11.8. The van der Waals surface area contributed by atoms with Crippen LogP contribution in [-0.4, -0.2) is 54.4 Å². The minimum Gasteiger partial charge on any atom is -0.378 e. The average Bonchev–Trinajstić information content (AvgIpc) is 3.49. The highest BCUT2D eigenvalue weighted by Crippen LogP contribution is 2.33. The molecule has 1 amide bonds. The summed E-state index contributed by atoms with van der Waals surface area (Å²) in [5.41, 5.74) is 7.70. The van der Waals surface area contributed by atoms with E-state index in [1.807, 2.05) is 18.2 Å². The molecule has 2 N–H and O–H groups in total. The lowest BCUT2D eigenvalue weighted by atomic mass is 10.1. The molecule has 2 heterocycles. The number of benzene rings is 1. The smallest absolute Gasteiger partial charge is 0.247 e. The SMILES string of the molecule is Cc1cccc(/C=N/Nc2nc3c(c(N4CCOCC4)n2)CC(C(=O)NC2CCCC2)=C3)c1. The number of amides is 1. The summed E-state index contributed by atoms with van der Waals surface area (Å²) in [6, 6.07) is 8.41. The number of morpholine rings is 1. The van der Waals surface area contributed by atoms with Gasteiger partial charge in [0, 0.05) is 36.7 Å². The molecule has 0 spiro atoms. The van der Waals surface area contributed by atoms with E-state index < -0.39 is 0 Å². The van der Waals surface area contributed by atoms with Crippen molar-refractivity contribution in [2.24, 2.45) is 5.10 Å². The summed E-state index contributed by atoms with van der Waals surface area (Å²) in [7, 11) is 0. The Balaban J connectivity index is 1.38. The zero-order valence-electron chi connectivity index (χ0n) is 19.0. The minimum atomic E-state index is 0.0137. The Kier molecular flexibility index (Phi) is 6.35. The Bertz CT molecular complexity index is 1080. The number of carbonyl (C=O) groups is 1. The van der Waals surface area contributed by atoms with Gasteiger partial charge in [-0.3, -0.25) is 4.79 Å². The Morgan fingerprint density at radius 1 is 1.21 bits per heavy atom. The first kappa shape index (κ1) is 21.6. The Labute approximate surface area is 194 Å². The highest BCUT2D eigenvalue weighted by Gasteiger charge is 2.28. The van der Waals surface area contributed by atoms with Gasteiger partial charge in [-0.1, -0.05) is 42.7 Å². The second kappa shape index (κ2) is 9.70. The molecule has 0 radical (unpaired) electrons. The monoisotopic (exact) mass is 446 g/mol. The van der Waals surface area contributed by atoms with Crippen molar-refractivity contribution >= 4 is 30.0 Å². The van der Waals surface area contributed by atoms with Crippen LogP contribution in [0, 0.1) is 6.92 Å². The summed E-state index contributed by atoms with van der Waals surface area (Å²) < 4.78 is 5.53. The minimum absolute atomic E-state index is 0.0137. The number of anilines is 2. The van der Waals surface area contributed by atoms with Crippen molar-refractivity contribution in [3.63, 3.8) is 0 Å². The Morgan fingerprint density at radius 2 is 2.03 bits per heavy atom. The van der Waals surface area contributed by atoms with E-state index in [-0.39, 0.29) is 5.91 Å². The molecule has 2 fully saturated rings. The quantitative estimate of drug-likeness (QED) is 0.523. The lowest BCUT2D eigenvalue weighted by Gasteiger charge is -2.29. The highest BCUT2D eigenvalue weighted by molar-refractivity contribution is 6.00. The zero-order chi connectivity index (χ0) is 22.6. The van der Waals surface area contributed by atoms with Crippen molar-refractivity contribution in [3.05, 3.63) is 52.2 Å². The van der Waals surface area contributed by atoms with E-state index in [9.17, 15) is 4.79 Å². The first-order valence-corrected chi connectivity index (χ1v) is 11.8. The number of nitrogens with zero attached hydrogens (tertiary/aromatic N) is 4. The second-order valence-electron chi connectivity index (χ2n) is 8.92. The first-order chi connectivity index (χ1) is 16.2. The van der Waals surface area contributed by atoms with Crippen LogP contribution in [0.15, 0.2) is 34.9 Å². The predicted octanol–water partition coefficient (Wildman–Crippen LogP) is 3.07. The number of hydrogen-bond donors (Lipinski definition) is 2. The van der Waals surface area contributed by atoms with Gasteiger partial charge in [0.15, 0.2) is 0 Å². The molecule has 33 heavy (non-hydrogen) atoms. The van der Waals surface area contributed by atoms with Gasteiger partial charge in [0.2, 0.25) is 11.9 Å². The molecule has 2 aromatic rings. The molecule has 1 saturated carbocycles. The summed E-state index contributed by atoms with van der Waals surface area (Å²) in [6.07, 6.45) is 8.72. The number of fused-ring (bicyclic) bond motifs is 1. The zero-order valence-corrected chi connectivity index (χ0v) is 19.0. The van der Waals surface area contributed by atoms with Crippen molar-refractivity contribution in [1.82, 2.24) is 15.3 Å². The molecule has 172 valence electrons. The number of hydrogen-bond acceptors (Lipinski definition) is 7. The summed E-state index contributed by atoms with van der Waals surface area (Å²) >= 11 is 0. The molecule has 8 nitrogen and oxygen atoms in total. The van der Waals surface area contributed by atoms with Crippen LogP contribution in [0.5, 0.6) is 0 Å². The van der Waals surface area contributed by atoms with Crippen LogP contribution in [-0.2, 0) is 16.0 Å². The largest absolute Gasteiger partial charge is 0.378 e. The maximum atomic E-state index is 12.9. The van der Waals surface area contributed by atoms with Crippen molar-refractivity contribution < 1.29 is 9.53 Å². The maximum absolute atomic E-state index is 12.9. The number of aromatic nitrogens is 2. The standard InChI is InChI=1S/C25H30N6O2/c1-17-5-4-6-18(13-17)16-26-30-25-28-22-15-19(24(32)27-20-7-2-3-8-20)14-21(22)23(29-25)31-9-11-33-12-10-31/h4-6,13,15-16,20H,2-3,7-12,14H2,1H3,(H,27,32)(H,28,29,30)/b26-16+. The average molecular weight is 447 g/mol. The summed E-state index contributed by atoms with van der Waals surface area (Å²) in [4.78, 5) is 24.6. The number of aryl methyl sites for hydroxylation is 1. The van der Waals surface area contributed by atoms with Gasteiger partial charge in [0.25, 0.3) is 0 Å². The van der Waals surface area contributed by atoms with Crippen molar-refractivity contribution in [1.29, 1.82) is 0 Å².